The minimum absolute atomic E-state index is 0.255. The first-order valence-electron chi connectivity index (χ1n) is 9.34. The van der Waals surface area contributed by atoms with Gasteiger partial charge in [0.15, 0.2) is 0 Å². The fourth-order valence-electron chi connectivity index (χ4n) is 3.22. The summed E-state index contributed by atoms with van der Waals surface area (Å²) in [4.78, 5) is 16.0. The van der Waals surface area contributed by atoms with E-state index in [1.165, 1.54) is 0 Å². The number of aromatic carboxylic acids is 1. The lowest BCUT2D eigenvalue weighted by Crippen LogP contribution is -1.96. The maximum atomic E-state index is 11.2. The predicted octanol–water partition coefficient (Wildman–Crippen LogP) is 5.24. The van der Waals surface area contributed by atoms with Crippen molar-refractivity contribution in [2.45, 2.75) is 6.54 Å². The largest absolute Gasteiger partial charge is 0.478 e. The van der Waals surface area contributed by atoms with Crippen molar-refractivity contribution in [3.05, 3.63) is 102 Å². The van der Waals surface area contributed by atoms with Gasteiger partial charge in [0, 0.05) is 17.7 Å². The molecule has 29 heavy (non-hydrogen) atoms. The first-order valence-corrected chi connectivity index (χ1v) is 9.34. The average molecular weight is 380 g/mol. The highest BCUT2D eigenvalue weighted by atomic mass is 16.4. The SMILES string of the molecule is NCc1ccc(-c2cc(-c3ccccc3)nc(-c3ccc(C(=O)O)cc3)c2)cc1. The zero-order chi connectivity index (χ0) is 20.2. The number of carboxylic acids is 1. The zero-order valence-corrected chi connectivity index (χ0v) is 15.7. The summed E-state index contributed by atoms with van der Waals surface area (Å²) in [5, 5.41) is 9.15. The highest BCUT2D eigenvalue weighted by Gasteiger charge is 2.10. The third-order valence-corrected chi connectivity index (χ3v) is 4.85. The van der Waals surface area contributed by atoms with Crippen molar-refractivity contribution in [3.63, 3.8) is 0 Å². The Morgan fingerprint density at radius 2 is 1.28 bits per heavy atom. The van der Waals surface area contributed by atoms with E-state index < -0.39 is 5.97 Å². The molecular formula is C25H20N2O2. The number of pyridine rings is 1. The Morgan fingerprint density at radius 1 is 0.724 bits per heavy atom. The molecule has 3 aromatic carbocycles. The summed E-state index contributed by atoms with van der Waals surface area (Å²) in [5.41, 5.74) is 12.7. The van der Waals surface area contributed by atoms with Crippen LogP contribution in [-0.2, 0) is 6.54 Å². The first-order chi connectivity index (χ1) is 14.1. The van der Waals surface area contributed by atoms with E-state index in [9.17, 15) is 4.79 Å². The molecule has 0 saturated carbocycles. The molecule has 0 unspecified atom stereocenters. The van der Waals surface area contributed by atoms with Gasteiger partial charge in [0.2, 0.25) is 0 Å². The van der Waals surface area contributed by atoms with Gasteiger partial charge in [0.25, 0.3) is 0 Å². The van der Waals surface area contributed by atoms with Gasteiger partial charge in [-0.25, -0.2) is 9.78 Å². The van der Waals surface area contributed by atoms with Crippen LogP contribution in [0.3, 0.4) is 0 Å². The van der Waals surface area contributed by atoms with Crippen molar-refractivity contribution < 1.29 is 9.90 Å². The van der Waals surface area contributed by atoms with E-state index in [1.54, 1.807) is 24.3 Å². The van der Waals surface area contributed by atoms with Crippen LogP contribution in [0.2, 0.25) is 0 Å². The number of hydrogen-bond donors (Lipinski definition) is 2. The summed E-state index contributed by atoms with van der Waals surface area (Å²) >= 11 is 0. The second-order valence-corrected chi connectivity index (χ2v) is 6.78. The van der Waals surface area contributed by atoms with Crippen molar-refractivity contribution in [2.24, 2.45) is 5.73 Å². The number of carbonyl (C=O) groups is 1. The van der Waals surface area contributed by atoms with E-state index in [0.717, 1.165) is 39.2 Å². The first kappa shape index (κ1) is 18.6. The second kappa shape index (κ2) is 8.09. The Hall–Kier alpha value is -3.76. The Labute approximate surface area is 169 Å². The highest BCUT2D eigenvalue weighted by molar-refractivity contribution is 5.88. The number of nitrogens with zero attached hydrogens (tertiary/aromatic N) is 1. The lowest BCUT2D eigenvalue weighted by molar-refractivity contribution is 0.0697. The van der Waals surface area contributed by atoms with Crippen molar-refractivity contribution in [3.8, 4) is 33.6 Å². The van der Waals surface area contributed by atoms with E-state index in [4.69, 9.17) is 15.8 Å². The van der Waals surface area contributed by atoms with Gasteiger partial charge in [-0.05, 0) is 41.0 Å². The fraction of sp³-hybridized carbons (Fsp3) is 0.0400. The molecule has 0 aliphatic carbocycles. The summed E-state index contributed by atoms with van der Waals surface area (Å²) in [6, 6.07) is 29.1. The molecule has 1 heterocycles. The molecule has 4 rings (SSSR count). The van der Waals surface area contributed by atoms with Gasteiger partial charge in [0.1, 0.15) is 0 Å². The Kier molecular flexibility index (Phi) is 5.18. The van der Waals surface area contributed by atoms with Gasteiger partial charge in [-0.3, -0.25) is 0 Å². The van der Waals surface area contributed by atoms with E-state index >= 15 is 0 Å². The summed E-state index contributed by atoms with van der Waals surface area (Å²) in [5.74, 6) is -0.941. The maximum absolute atomic E-state index is 11.2. The van der Waals surface area contributed by atoms with Crippen molar-refractivity contribution >= 4 is 5.97 Å². The summed E-state index contributed by atoms with van der Waals surface area (Å²) < 4.78 is 0. The van der Waals surface area contributed by atoms with Crippen molar-refractivity contribution in [1.82, 2.24) is 4.98 Å². The van der Waals surface area contributed by atoms with E-state index in [-0.39, 0.29) is 5.56 Å². The van der Waals surface area contributed by atoms with Crippen LogP contribution < -0.4 is 5.73 Å². The number of hydrogen-bond acceptors (Lipinski definition) is 3. The highest BCUT2D eigenvalue weighted by Crippen LogP contribution is 2.30. The molecule has 0 amide bonds. The molecule has 4 nitrogen and oxygen atoms in total. The van der Waals surface area contributed by atoms with E-state index in [2.05, 4.69) is 18.2 Å². The van der Waals surface area contributed by atoms with Gasteiger partial charge in [-0.15, -0.1) is 0 Å². The Balaban J connectivity index is 1.84. The van der Waals surface area contributed by atoms with Gasteiger partial charge < -0.3 is 10.8 Å². The molecule has 0 bridgehead atoms. The molecule has 0 aliphatic rings. The number of benzene rings is 3. The zero-order valence-electron chi connectivity index (χ0n) is 15.7. The van der Waals surface area contributed by atoms with E-state index in [1.807, 2.05) is 48.5 Å². The van der Waals surface area contributed by atoms with Crippen LogP contribution in [0.15, 0.2) is 91.0 Å². The third-order valence-electron chi connectivity index (χ3n) is 4.85. The van der Waals surface area contributed by atoms with Crippen LogP contribution in [0.25, 0.3) is 33.6 Å². The minimum Gasteiger partial charge on any atom is -0.478 e. The molecule has 0 radical (unpaired) electrons. The van der Waals surface area contributed by atoms with Gasteiger partial charge in [0.05, 0.1) is 17.0 Å². The van der Waals surface area contributed by atoms with Crippen LogP contribution >= 0.6 is 0 Å². The second-order valence-electron chi connectivity index (χ2n) is 6.78. The number of aromatic nitrogens is 1. The molecule has 0 spiro atoms. The molecule has 4 aromatic rings. The molecule has 142 valence electrons. The van der Waals surface area contributed by atoms with Crippen LogP contribution in [0, 0.1) is 0 Å². The van der Waals surface area contributed by atoms with Crippen LogP contribution in [0.1, 0.15) is 15.9 Å². The number of nitrogens with two attached hydrogens (primary N) is 1. The topological polar surface area (TPSA) is 76.2 Å². The third kappa shape index (κ3) is 4.08. The minimum atomic E-state index is -0.941. The molecule has 0 atom stereocenters. The summed E-state index contributed by atoms with van der Waals surface area (Å²) in [6.07, 6.45) is 0. The summed E-state index contributed by atoms with van der Waals surface area (Å²) in [7, 11) is 0. The Bertz CT molecular complexity index is 1140. The lowest BCUT2D eigenvalue weighted by Gasteiger charge is -2.11. The van der Waals surface area contributed by atoms with Gasteiger partial charge >= 0.3 is 5.97 Å². The average Bonchev–Trinajstić information content (AvgIpc) is 2.79. The molecule has 3 N–H and O–H groups in total. The number of carboxylic acid groups (broad SMARTS) is 1. The van der Waals surface area contributed by atoms with Crippen molar-refractivity contribution in [2.75, 3.05) is 0 Å². The molecule has 0 saturated heterocycles. The lowest BCUT2D eigenvalue weighted by atomic mass is 9.99. The molecule has 0 fully saturated rings. The Morgan fingerprint density at radius 3 is 1.83 bits per heavy atom. The molecule has 1 aromatic heterocycles. The molecule has 4 heteroatoms. The monoisotopic (exact) mass is 380 g/mol. The molecule has 0 aliphatic heterocycles. The molecular weight excluding hydrogens is 360 g/mol. The van der Waals surface area contributed by atoms with Gasteiger partial charge in [-0.1, -0.05) is 66.7 Å². The van der Waals surface area contributed by atoms with Crippen LogP contribution in [0.5, 0.6) is 0 Å². The van der Waals surface area contributed by atoms with Crippen LogP contribution in [0.4, 0.5) is 0 Å². The maximum Gasteiger partial charge on any atom is 0.335 e. The number of rotatable bonds is 5. The quantitative estimate of drug-likeness (QED) is 0.496. The predicted molar refractivity (Wildman–Crippen MR) is 115 cm³/mol. The smallest absolute Gasteiger partial charge is 0.335 e. The summed E-state index contributed by atoms with van der Waals surface area (Å²) in [6.45, 7) is 0.507. The fourth-order valence-corrected chi connectivity index (χ4v) is 3.22. The van der Waals surface area contributed by atoms with Crippen molar-refractivity contribution in [1.29, 1.82) is 0 Å². The standard InChI is InChI=1S/C25H20N2O2/c26-16-17-6-8-18(9-7-17)22-14-23(19-4-2-1-3-5-19)27-24(15-22)20-10-12-21(13-11-20)25(28)29/h1-15H,16,26H2,(H,28,29). The van der Waals surface area contributed by atoms with E-state index in [0.29, 0.717) is 6.54 Å². The van der Waals surface area contributed by atoms with Gasteiger partial charge in [-0.2, -0.15) is 0 Å². The normalized spacial score (nSPS) is 10.7. The van der Waals surface area contributed by atoms with Crippen LogP contribution in [-0.4, -0.2) is 16.1 Å².